The van der Waals surface area contributed by atoms with Crippen LogP contribution in [0.4, 0.5) is 0 Å². The first-order valence-corrected chi connectivity index (χ1v) is 16.8. The second kappa shape index (κ2) is 23.3. The van der Waals surface area contributed by atoms with Crippen molar-refractivity contribution in [3.8, 4) is 0 Å². The zero-order valence-corrected chi connectivity index (χ0v) is 27.1. The van der Waals surface area contributed by atoms with Crippen molar-refractivity contribution in [3.05, 3.63) is 0 Å². The minimum Gasteiger partial charge on any atom is -0.481 e. The maximum atomic E-state index is 12.8. The lowest BCUT2D eigenvalue weighted by Crippen LogP contribution is -2.49. The summed E-state index contributed by atoms with van der Waals surface area (Å²) in [6.07, 6.45) is 17.3. The van der Waals surface area contributed by atoms with Gasteiger partial charge < -0.3 is 20.4 Å². The van der Waals surface area contributed by atoms with Crippen LogP contribution in [-0.4, -0.2) is 44.3 Å². The molecule has 8 nitrogen and oxygen atoms in total. The molecule has 0 heterocycles. The van der Waals surface area contributed by atoms with Gasteiger partial charge in [-0.2, -0.15) is 0 Å². The van der Waals surface area contributed by atoms with Gasteiger partial charge in [-0.3, -0.25) is 19.2 Å². The minimum atomic E-state index is -1.82. The monoisotopic (exact) mass is 598 g/mol. The van der Waals surface area contributed by atoms with Crippen molar-refractivity contribution in [2.75, 3.05) is 0 Å². The number of unbranched alkanes of at least 4 members (excludes halogenated alkanes) is 14. The van der Waals surface area contributed by atoms with Crippen LogP contribution in [0.1, 0.15) is 163 Å². The fraction of sp³-hybridized carbons (Fsp3) is 0.882. The maximum absolute atomic E-state index is 12.8. The van der Waals surface area contributed by atoms with Crippen molar-refractivity contribution in [3.63, 3.8) is 0 Å². The third-order valence-corrected chi connectivity index (χ3v) is 8.71. The number of hydrogen-bond acceptors (Lipinski definition) is 4. The van der Waals surface area contributed by atoms with E-state index in [4.69, 9.17) is 0 Å². The third-order valence-electron chi connectivity index (χ3n) is 8.71. The van der Waals surface area contributed by atoms with Crippen LogP contribution in [0.3, 0.4) is 0 Å². The first kappa shape index (κ1) is 39.9. The molecule has 0 saturated carbocycles. The molecule has 8 heteroatoms. The Morgan fingerprint density at radius 2 is 0.833 bits per heavy atom. The molecule has 0 fully saturated rings. The van der Waals surface area contributed by atoms with Gasteiger partial charge in [0.2, 0.25) is 0 Å². The lowest BCUT2D eigenvalue weighted by atomic mass is 9.63. The van der Waals surface area contributed by atoms with Gasteiger partial charge in [0.1, 0.15) is 0 Å². The average molecular weight is 599 g/mol. The van der Waals surface area contributed by atoms with E-state index in [9.17, 15) is 39.6 Å². The van der Waals surface area contributed by atoms with Crippen LogP contribution in [0.25, 0.3) is 0 Å². The summed E-state index contributed by atoms with van der Waals surface area (Å²) in [6.45, 7) is 8.90. The molecule has 42 heavy (non-hydrogen) atoms. The van der Waals surface area contributed by atoms with Crippen LogP contribution < -0.4 is 0 Å². The fourth-order valence-electron chi connectivity index (χ4n) is 6.22. The molecule has 4 N–H and O–H groups in total. The average Bonchev–Trinajstić information content (AvgIpc) is 2.88. The summed E-state index contributed by atoms with van der Waals surface area (Å²) in [5.41, 5.74) is -1.82. The van der Waals surface area contributed by atoms with Gasteiger partial charge in [0.05, 0.1) is 23.7 Å². The van der Waals surface area contributed by atoms with Crippen LogP contribution in [0.2, 0.25) is 0 Å². The lowest BCUT2D eigenvalue weighted by Gasteiger charge is -2.38. The highest BCUT2D eigenvalue weighted by molar-refractivity contribution is 5.89. The standard InChI is InChI=1S/C34H62O8/c1-26(2)21-17-13-9-5-7-11-15-19-23-34(33(41)42,30(32(39)40)28(31(37)38)25-29(35)36)24-20-16-12-8-6-10-14-18-22-27(3)4/h26-28,30H,5-25H2,1-4H3,(H,35,36)(H,37,38)(H,39,40)(H,41,42). The molecule has 0 aliphatic heterocycles. The Labute approximate surface area is 255 Å². The largest absolute Gasteiger partial charge is 0.481 e. The summed E-state index contributed by atoms with van der Waals surface area (Å²) in [4.78, 5) is 48.8. The molecule has 0 amide bonds. The Hall–Kier alpha value is -2.12. The molecule has 2 unspecified atom stereocenters. The van der Waals surface area contributed by atoms with E-state index in [1.807, 2.05) is 0 Å². The van der Waals surface area contributed by atoms with E-state index >= 15 is 0 Å². The van der Waals surface area contributed by atoms with Crippen molar-refractivity contribution >= 4 is 23.9 Å². The van der Waals surface area contributed by atoms with E-state index in [0.717, 1.165) is 63.2 Å². The van der Waals surface area contributed by atoms with E-state index < -0.39 is 47.5 Å². The van der Waals surface area contributed by atoms with Gasteiger partial charge in [-0.25, -0.2) is 0 Å². The first-order valence-electron chi connectivity index (χ1n) is 16.8. The predicted octanol–water partition coefficient (Wildman–Crippen LogP) is 9.05. The summed E-state index contributed by atoms with van der Waals surface area (Å²) in [5.74, 6) is -8.10. The van der Waals surface area contributed by atoms with Gasteiger partial charge >= 0.3 is 23.9 Å². The summed E-state index contributed by atoms with van der Waals surface area (Å²) < 4.78 is 0. The lowest BCUT2D eigenvalue weighted by molar-refractivity contribution is -0.174. The molecule has 0 rings (SSSR count). The van der Waals surface area contributed by atoms with E-state index in [1.165, 1.54) is 51.4 Å². The van der Waals surface area contributed by atoms with Gasteiger partial charge in [-0.1, -0.05) is 143 Å². The van der Waals surface area contributed by atoms with Crippen LogP contribution in [0.5, 0.6) is 0 Å². The molecule has 0 aliphatic carbocycles. The number of hydrogen-bond donors (Lipinski definition) is 4. The molecule has 246 valence electrons. The number of rotatable bonds is 29. The molecule has 0 spiro atoms. The van der Waals surface area contributed by atoms with Crippen molar-refractivity contribution in [2.24, 2.45) is 29.1 Å². The van der Waals surface area contributed by atoms with Gasteiger partial charge in [0.15, 0.2) is 0 Å². The molecule has 0 aliphatic rings. The van der Waals surface area contributed by atoms with E-state index in [2.05, 4.69) is 27.7 Å². The normalized spacial score (nSPS) is 13.4. The Bertz CT molecular complexity index is 733. The van der Waals surface area contributed by atoms with Gasteiger partial charge in [-0.05, 0) is 24.7 Å². The summed E-state index contributed by atoms with van der Waals surface area (Å²) in [5, 5.41) is 39.7. The SMILES string of the molecule is CC(C)CCCCCCCCCCC(CCCCCCCCCCC(C)C)(C(=O)O)C(C(=O)O)C(CC(=O)O)C(=O)O. The first-order chi connectivity index (χ1) is 19.8. The Balaban J connectivity index is 5.25. The maximum Gasteiger partial charge on any atom is 0.310 e. The van der Waals surface area contributed by atoms with Crippen LogP contribution in [0.15, 0.2) is 0 Å². The molecule has 0 aromatic carbocycles. The van der Waals surface area contributed by atoms with Crippen LogP contribution in [-0.2, 0) is 19.2 Å². The van der Waals surface area contributed by atoms with Crippen molar-refractivity contribution < 1.29 is 39.6 Å². The van der Waals surface area contributed by atoms with Gasteiger partial charge in [0.25, 0.3) is 0 Å². The number of carboxylic acid groups (broad SMARTS) is 4. The fourth-order valence-corrected chi connectivity index (χ4v) is 6.22. The molecule has 0 radical (unpaired) electrons. The minimum absolute atomic E-state index is 0.0347. The second-order valence-corrected chi connectivity index (χ2v) is 13.3. The summed E-state index contributed by atoms with van der Waals surface area (Å²) in [6, 6.07) is 0. The molecule has 0 bridgehead atoms. The Morgan fingerprint density at radius 3 is 1.10 bits per heavy atom. The Morgan fingerprint density at radius 1 is 0.500 bits per heavy atom. The topological polar surface area (TPSA) is 149 Å². The highest BCUT2D eigenvalue weighted by Gasteiger charge is 2.54. The quantitative estimate of drug-likeness (QED) is 0.0623. The van der Waals surface area contributed by atoms with Crippen molar-refractivity contribution in [1.29, 1.82) is 0 Å². The number of carboxylic acids is 4. The molecular weight excluding hydrogens is 536 g/mol. The predicted molar refractivity (Wildman–Crippen MR) is 167 cm³/mol. The van der Waals surface area contributed by atoms with E-state index in [1.54, 1.807) is 0 Å². The second-order valence-electron chi connectivity index (χ2n) is 13.3. The van der Waals surface area contributed by atoms with E-state index in [-0.39, 0.29) is 12.8 Å². The van der Waals surface area contributed by atoms with Crippen molar-refractivity contribution in [1.82, 2.24) is 0 Å². The van der Waals surface area contributed by atoms with E-state index in [0.29, 0.717) is 12.8 Å². The zero-order chi connectivity index (χ0) is 32.0. The van der Waals surface area contributed by atoms with Gasteiger partial charge in [-0.15, -0.1) is 0 Å². The third kappa shape index (κ3) is 17.7. The molecular formula is C34H62O8. The highest BCUT2D eigenvalue weighted by Crippen LogP contribution is 2.45. The molecule has 0 aromatic rings. The molecule has 0 aromatic heterocycles. The zero-order valence-electron chi connectivity index (χ0n) is 27.1. The van der Waals surface area contributed by atoms with Crippen molar-refractivity contribution in [2.45, 2.75) is 163 Å². The number of aliphatic carboxylic acids is 4. The molecule has 2 atom stereocenters. The van der Waals surface area contributed by atoms with Crippen LogP contribution in [0, 0.1) is 29.1 Å². The summed E-state index contributed by atoms with van der Waals surface area (Å²) >= 11 is 0. The van der Waals surface area contributed by atoms with Crippen LogP contribution >= 0.6 is 0 Å². The highest BCUT2D eigenvalue weighted by atomic mass is 16.4. The number of carbonyl (C=O) groups is 4. The Kier molecular flexibility index (Phi) is 22.2. The molecule has 0 saturated heterocycles. The smallest absolute Gasteiger partial charge is 0.310 e. The summed E-state index contributed by atoms with van der Waals surface area (Å²) in [7, 11) is 0. The van der Waals surface area contributed by atoms with Gasteiger partial charge in [0, 0.05) is 0 Å².